The van der Waals surface area contributed by atoms with Gasteiger partial charge in [-0.3, -0.25) is 0 Å². The molecule has 0 saturated heterocycles. The zero-order chi connectivity index (χ0) is 22.2. The average molecular weight is 427 g/mol. The van der Waals surface area contributed by atoms with E-state index >= 15 is 0 Å². The Morgan fingerprint density at radius 1 is 0.938 bits per heavy atom. The van der Waals surface area contributed by atoms with Crippen LogP contribution < -0.4 is 9.47 Å². The molecule has 0 N–H and O–H groups in total. The summed E-state index contributed by atoms with van der Waals surface area (Å²) in [5, 5.41) is 0. The number of rotatable bonds is 11. The van der Waals surface area contributed by atoms with Gasteiger partial charge in [0.2, 0.25) is 0 Å². The third-order valence-corrected chi connectivity index (χ3v) is 5.63. The molecule has 1 heterocycles. The van der Waals surface area contributed by atoms with Crippen molar-refractivity contribution >= 4 is 11.0 Å². The Bertz CT molecular complexity index is 1160. The van der Waals surface area contributed by atoms with Crippen LogP contribution in [0.15, 0.2) is 85.5 Å². The molecular weight excluding hydrogens is 396 g/mol. The molecule has 0 saturated carbocycles. The Kier molecular flexibility index (Phi) is 7.23. The summed E-state index contributed by atoms with van der Waals surface area (Å²) in [6, 6.07) is 24.8. The van der Waals surface area contributed by atoms with Crippen LogP contribution in [0.1, 0.15) is 29.8 Å². The highest BCUT2D eigenvalue weighted by atomic mass is 16.5. The molecule has 0 amide bonds. The maximum atomic E-state index is 6.06. The number of hydrogen-bond donors (Lipinski definition) is 0. The van der Waals surface area contributed by atoms with Gasteiger partial charge in [0.15, 0.2) is 0 Å². The molecule has 0 aliphatic rings. The largest absolute Gasteiger partial charge is 0.497 e. The number of imidazole rings is 1. The van der Waals surface area contributed by atoms with Crippen molar-refractivity contribution in [2.24, 2.45) is 0 Å². The molecule has 0 aliphatic heterocycles. The van der Waals surface area contributed by atoms with Gasteiger partial charge >= 0.3 is 0 Å². The number of unbranched alkanes of at least 4 members (excludes halogenated alkanes) is 1. The maximum Gasteiger partial charge on any atom is 0.122 e. The average Bonchev–Trinajstić information content (AvgIpc) is 3.17. The molecule has 0 bridgehead atoms. The van der Waals surface area contributed by atoms with Crippen molar-refractivity contribution < 1.29 is 9.47 Å². The number of ether oxygens (including phenoxy) is 2. The highest BCUT2D eigenvalue weighted by Crippen LogP contribution is 2.22. The Morgan fingerprint density at radius 2 is 1.72 bits per heavy atom. The van der Waals surface area contributed by atoms with E-state index in [1.54, 1.807) is 7.11 Å². The van der Waals surface area contributed by atoms with Crippen molar-refractivity contribution in [3.05, 3.63) is 102 Å². The minimum atomic E-state index is 0.703. The molecule has 4 aromatic rings. The fourth-order valence-electron chi connectivity index (χ4n) is 3.96. The lowest BCUT2D eigenvalue weighted by atomic mass is 10.1. The van der Waals surface area contributed by atoms with Crippen LogP contribution in [0.5, 0.6) is 11.5 Å². The quantitative estimate of drug-likeness (QED) is 0.211. The van der Waals surface area contributed by atoms with E-state index in [-0.39, 0.29) is 0 Å². The van der Waals surface area contributed by atoms with Crippen molar-refractivity contribution in [3.8, 4) is 11.5 Å². The van der Waals surface area contributed by atoms with Crippen molar-refractivity contribution in [2.75, 3.05) is 13.7 Å². The van der Waals surface area contributed by atoms with Gasteiger partial charge in [-0.1, -0.05) is 48.5 Å². The van der Waals surface area contributed by atoms with Crippen molar-refractivity contribution in [2.45, 2.75) is 32.2 Å². The first kappa shape index (κ1) is 21.7. The van der Waals surface area contributed by atoms with E-state index in [0.717, 1.165) is 55.1 Å². The lowest BCUT2D eigenvalue weighted by Crippen LogP contribution is -2.07. The molecule has 0 atom stereocenters. The smallest absolute Gasteiger partial charge is 0.122 e. The molecule has 4 rings (SSSR count). The summed E-state index contributed by atoms with van der Waals surface area (Å²) in [6.45, 7) is 5.46. The van der Waals surface area contributed by atoms with Gasteiger partial charge in [-0.2, -0.15) is 0 Å². The van der Waals surface area contributed by atoms with Crippen LogP contribution in [0.3, 0.4) is 0 Å². The lowest BCUT2D eigenvalue weighted by Gasteiger charge is -2.12. The first-order chi connectivity index (χ1) is 15.8. The van der Waals surface area contributed by atoms with Gasteiger partial charge < -0.3 is 14.0 Å². The SMILES string of the molecule is C=CCc1ccccc1OCCCCn1c(Cc2ccc(OC)cc2)nc2ccccc21. The number of hydrogen-bond acceptors (Lipinski definition) is 3. The van der Waals surface area contributed by atoms with Crippen LogP contribution in [0.25, 0.3) is 11.0 Å². The van der Waals surface area contributed by atoms with E-state index < -0.39 is 0 Å². The molecule has 3 aromatic carbocycles. The zero-order valence-electron chi connectivity index (χ0n) is 18.7. The van der Waals surface area contributed by atoms with Gasteiger partial charge in [0.05, 0.1) is 24.8 Å². The molecule has 1 aromatic heterocycles. The Balaban J connectivity index is 1.41. The Hall–Kier alpha value is -3.53. The standard InChI is InChI=1S/C28H30N2O2/c1-3-10-23-11-4-7-14-27(23)32-20-9-8-19-30-26-13-6-5-12-25(26)29-28(30)21-22-15-17-24(31-2)18-16-22/h3-7,11-18H,1,8-10,19-21H2,2H3. The summed E-state index contributed by atoms with van der Waals surface area (Å²) < 4.78 is 13.7. The molecule has 32 heavy (non-hydrogen) atoms. The van der Waals surface area contributed by atoms with E-state index in [0.29, 0.717) is 6.61 Å². The molecular formula is C28H30N2O2. The summed E-state index contributed by atoms with van der Waals surface area (Å²) in [5.41, 5.74) is 4.65. The summed E-state index contributed by atoms with van der Waals surface area (Å²) in [4.78, 5) is 4.92. The minimum absolute atomic E-state index is 0.703. The van der Waals surface area contributed by atoms with Gasteiger partial charge in [-0.25, -0.2) is 4.98 Å². The fourth-order valence-corrected chi connectivity index (χ4v) is 3.96. The normalized spacial score (nSPS) is 10.9. The Morgan fingerprint density at radius 3 is 2.53 bits per heavy atom. The van der Waals surface area contributed by atoms with E-state index in [9.17, 15) is 0 Å². The number of allylic oxidation sites excluding steroid dienone is 1. The maximum absolute atomic E-state index is 6.06. The topological polar surface area (TPSA) is 36.3 Å². The zero-order valence-corrected chi connectivity index (χ0v) is 18.7. The van der Waals surface area contributed by atoms with Crippen LogP contribution in [-0.4, -0.2) is 23.3 Å². The van der Waals surface area contributed by atoms with Gasteiger partial charge in [0.25, 0.3) is 0 Å². The summed E-state index contributed by atoms with van der Waals surface area (Å²) >= 11 is 0. The second-order valence-corrected chi connectivity index (χ2v) is 7.85. The second-order valence-electron chi connectivity index (χ2n) is 7.85. The van der Waals surface area contributed by atoms with Crippen LogP contribution in [-0.2, 0) is 19.4 Å². The van der Waals surface area contributed by atoms with Gasteiger partial charge in [-0.05, 0) is 60.7 Å². The molecule has 4 nitrogen and oxygen atoms in total. The molecule has 0 unspecified atom stereocenters. The van der Waals surface area contributed by atoms with Crippen molar-refractivity contribution in [1.82, 2.24) is 9.55 Å². The number of methoxy groups -OCH3 is 1. The first-order valence-corrected chi connectivity index (χ1v) is 11.2. The molecule has 164 valence electrons. The van der Waals surface area contributed by atoms with E-state index in [1.165, 1.54) is 16.6 Å². The summed E-state index contributed by atoms with van der Waals surface area (Å²) in [7, 11) is 1.69. The predicted molar refractivity (Wildman–Crippen MR) is 131 cm³/mol. The Labute approximate surface area is 190 Å². The third-order valence-electron chi connectivity index (χ3n) is 5.63. The van der Waals surface area contributed by atoms with Gasteiger partial charge in [-0.15, -0.1) is 6.58 Å². The highest BCUT2D eigenvalue weighted by Gasteiger charge is 2.11. The van der Waals surface area contributed by atoms with E-state index in [4.69, 9.17) is 14.5 Å². The highest BCUT2D eigenvalue weighted by molar-refractivity contribution is 5.76. The molecule has 0 spiro atoms. The number of aryl methyl sites for hydroxylation is 1. The second kappa shape index (κ2) is 10.7. The number of aromatic nitrogens is 2. The van der Waals surface area contributed by atoms with E-state index in [2.05, 4.69) is 47.5 Å². The molecule has 4 heteroatoms. The van der Waals surface area contributed by atoms with Crippen molar-refractivity contribution in [3.63, 3.8) is 0 Å². The van der Waals surface area contributed by atoms with E-state index in [1.807, 2.05) is 42.5 Å². The number of para-hydroxylation sites is 3. The van der Waals surface area contributed by atoms with Crippen LogP contribution in [0.4, 0.5) is 0 Å². The lowest BCUT2D eigenvalue weighted by molar-refractivity contribution is 0.301. The summed E-state index contributed by atoms with van der Waals surface area (Å²) in [5.74, 6) is 2.92. The number of benzene rings is 3. The third kappa shape index (κ3) is 5.20. The molecule has 0 aliphatic carbocycles. The predicted octanol–water partition coefficient (Wildman–Crippen LogP) is 6.22. The van der Waals surface area contributed by atoms with Gasteiger partial charge in [0.1, 0.15) is 17.3 Å². The first-order valence-electron chi connectivity index (χ1n) is 11.2. The van der Waals surface area contributed by atoms with Gasteiger partial charge in [0, 0.05) is 13.0 Å². The van der Waals surface area contributed by atoms with Crippen LogP contribution in [0, 0.1) is 0 Å². The number of nitrogens with zero attached hydrogens (tertiary/aromatic N) is 2. The minimum Gasteiger partial charge on any atom is -0.497 e. The molecule has 0 radical (unpaired) electrons. The monoisotopic (exact) mass is 426 g/mol. The van der Waals surface area contributed by atoms with Crippen LogP contribution >= 0.6 is 0 Å². The summed E-state index contributed by atoms with van der Waals surface area (Å²) in [6.07, 6.45) is 5.54. The number of fused-ring (bicyclic) bond motifs is 1. The van der Waals surface area contributed by atoms with Crippen LogP contribution in [0.2, 0.25) is 0 Å². The fraction of sp³-hybridized carbons (Fsp3) is 0.250. The molecule has 0 fully saturated rings. The van der Waals surface area contributed by atoms with Crippen molar-refractivity contribution in [1.29, 1.82) is 0 Å².